The minimum absolute atomic E-state index is 0.0761. The summed E-state index contributed by atoms with van der Waals surface area (Å²) in [6.07, 6.45) is 3.09. The van der Waals surface area contributed by atoms with Crippen LogP contribution in [0.5, 0.6) is 0 Å². The van der Waals surface area contributed by atoms with Gasteiger partial charge in [-0.25, -0.2) is 9.97 Å². The number of nitrogens with one attached hydrogen (secondary N) is 2. The molecular formula is C21H25N5O2. The number of aryl methyl sites for hydroxylation is 1. The van der Waals surface area contributed by atoms with E-state index in [4.69, 9.17) is 4.98 Å². The summed E-state index contributed by atoms with van der Waals surface area (Å²) >= 11 is 0. The van der Waals surface area contributed by atoms with Gasteiger partial charge in [0, 0.05) is 18.2 Å². The minimum Gasteiger partial charge on any atom is -0.340 e. The first-order chi connectivity index (χ1) is 13.3. The van der Waals surface area contributed by atoms with Gasteiger partial charge in [-0.3, -0.25) is 9.59 Å². The Labute approximate surface area is 163 Å². The lowest BCUT2D eigenvalue weighted by Crippen LogP contribution is -2.36. The molecule has 0 saturated carbocycles. The van der Waals surface area contributed by atoms with E-state index < -0.39 is 5.56 Å². The van der Waals surface area contributed by atoms with Gasteiger partial charge in [0.15, 0.2) is 0 Å². The van der Waals surface area contributed by atoms with Crippen LogP contribution in [0.25, 0.3) is 11.0 Å². The number of rotatable bonds is 2. The third-order valence-electron chi connectivity index (χ3n) is 5.30. The van der Waals surface area contributed by atoms with Gasteiger partial charge in [-0.1, -0.05) is 32.9 Å². The Morgan fingerprint density at radius 2 is 2.04 bits per heavy atom. The Balaban J connectivity index is 1.67. The highest BCUT2D eigenvalue weighted by Gasteiger charge is 2.34. The molecule has 7 heteroatoms. The summed E-state index contributed by atoms with van der Waals surface area (Å²) in [5, 5.41) is 0. The quantitative estimate of drug-likeness (QED) is 0.715. The second-order valence-electron chi connectivity index (χ2n) is 8.47. The van der Waals surface area contributed by atoms with Crippen molar-refractivity contribution in [3.05, 3.63) is 57.5 Å². The van der Waals surface area contributed by atoms with Crippen molar-refractivity contribution < 1.29 is 4.79 Å². The number of imidazole rings is 1. The molecule has 7 nitrogen and oxygen atoms in total. The van der Waals surface area contributed by atoms with E-state index in [-0.39, 0.29) is 22.9 Å². The molecule has 1 saturated heterocycles. The molecule has 0 spiro atoms. The van der Waals surface area contributed by atoms with E-state index in [1.807, 2.05) is 45.9 Å². The van der Waals surface area contributed by atoms with E-state index >= 15 is 0 Å². The maximum Gasteiger partial charge on any atom is 0.263 e. The minimum atomic E-state index is -0.393. The fourth-order valence-electron chi connectivity index (χ4n) is 3.73. The highest BCUT2D eigenvalue weighted by Crippen LogP contribution is 2.32. The lowest BCUT2D eigenvalue weighted by Gasteiger charge is -2.23. The number of amides is 1. The molecule has 1 aliphatic heterocycles. The van der Waals surface area contributed by atoms with E-state index in [0.29, 0.717) is 12.4 Å². The number of aromatic nitrogens is 4. The van der Waals surface area contributed by atoms with E-state index in [9.17, 15) is 9.59 Å². The molecule has 3 aromatic rings. The van der Waals surface area contributed by atoms with Crippen LogP contribution >= 0.6 is 0 Å². The normalized spacial score (nSPS) is 17.4. The zero-order valence-electron chi connectivity index (χ0n) is 16.7. The maximum absolute atomic E-state index is 13.1. The predicted octanol–water partition coefficient (Wildman–Crippen LogP) is 3.23. The summed E-state index contributed by atoms with van der Waals surface area (Å²) in [5.74, 6) is 1.04. The van der Waals surface area contributed by atoms with Gasteiger partial charge >= 0.3 is 0 Å². The molecule has 28 heavy (non-hydrogen) atoms. The van der Waals surface area contributed by atoms with E-state index in [0.717, 1.165) is 35.3 Å². The second kappa shape index (κ2) is 6.58. The van der Waals surface area contributed by atoms with Gasteiger partial charge in [0.1, 0.15) is 17.2 Å². The molecule has 2 N–H and O–H groups in total. The fourth-order valence-corrected chi connectivity index (χ4v) is 3.73. The van der Waals surface area contributed by atoms with Crippen LogP contribution in [-0.4, -0.2) is 37.3 Å². The SMILES string of the molecule is Cc1cccc2[nH]c([C@@H]3CCCN3C(=O)c3cnc(C(C)(C)C)[nH]c3=O)nc12. The number of nitrogens with zero attached hydrogens (tertiary/aromatic N) is 3. The molecule has 0 aliphatic carbocycles. The number of carbonyl (C=O) groups is 1. The van der Waals surface area contributed by atoms with Crippen LogP contribution < -0.4 is 5.56 Å². The van der Waals surface area contributed by atoms with Gasteiger partial charge in [-0.2, -0.15) is 0 Å². The molecule has 0 unspecified atom stereocenters. The van der Waals surface area contributed by atoms with Crippen molar-refractivity contribution in [1.82, 2.24) is 24.8 Å². The lowest BCUT2D eigenvalue weighted by molar-refractivity contribution is 0.0728. The number of hydrogen-bond donors (Lipinski definition) is 2. The molecule has 0 bridgehead atoms. The first-order valence-corrected chi connectivity index (χ1v) is 9.61. The summed E-state index contributed by atoms with van der Waals surface area (Å²) in [7, 11) is 0. The largest absolute Gasteiger partial charge is 0.340 e. The third kappa shape index (κ3) is 3.10. The number of para-hydroxylation sites is 1. The van der Waals surface area contributed by atoms with Crippen molar-refractivity contribution in [2.75, 3.05) is 6.54 Å². The van der Waals surface area contributed by atoms with Crippen molar-refractivity contribution in [1.29, 1.82) is 0 Å². The molecule has 1 fully saturated rings. The Bertz CT molecular complexity index is 1110. The van der Waals surface area contributed by atoms with Crippen LogP contribution in [0.3, 0.4) is 0 Å². The fraction of sp³-hybridized carbons (Fsp3) is 0.429. The molecule has 4 rings (SSSR count). The Hall–Kier alpha value is -2.96. The van der Waals surface area contributed by atoms with Gasteiger partial charge in [-0.15, -0.1) is 0 Å². The number of benzene rings is 1. The third-order valence-corrected chi connectivity index (χ3v) is 5.30. The summed E-state index contributed by atoms with van der Waals surface area (Å²) < 4.78 is 0. The molecule has 1 aromatic carbocycles. The van der Waals surface area contributed by atoms with E-state index in [1.165, 1.54) is 6.20 Å². The van der Waals surface area contributed by atoms with Gasteiger partial charge in [0.2, 0.25) is 0 Å². The van der Waals surface area contributed by atoms with Crippen molar-refractivity contribution >= 4 is 16.9 Å². The van der Waals surface area contributed by atoms with Crippen LogP contribution in [0.4, 0.5) is 0 Å². The van der Waals surface area contributed by atoms with Crippen LogP contribution in [0.1, 0.15) is 67.2 Å². The van der Waals surface area contributed by atoms with Crippen molar-refractivity contribution in [3.63, 3.8) is 0 Å². The number of H-pyrrole nitrogens is 2. The van der Waals surface area contributed by atoms with Crippen LogP contribution in [-0.2, 0) is 5.41 Å². The lowest BCUT2D eigenvalue weighted by atomic mass is 9.96. The predicted molar refractivity (Wildman–Crippen MR) is 107 cm³/mol. The summed E-state index contributed by atoms with van der Waals surface area (Å²) in [4.78, 5) is 42.6. The summed E-state index contributed by atoms with van der Waals surface area (Å²) in [6, 6.07) is 5.83. The average Bonchev–Trinajstić information content (AvgIpc) is 3.27. The highest BCUT2D eigenvalue weighted by atomic mass is 16.2. The molecule has 2 aromatic heterocycles. The van der Waals surface area contributed by atoms with Gasteiger partial charge in [0.25, 0.3) is 11.5 Å². The average molecular weight is 379 g/mol. The zero-order valence-corrected chi connectivity index (χ0v) is 16.7. The molecule has 1 amide bonds. The number of fused-ring (bicyclic) bond motifs is 1. The molecular weight excluding hydrogens is 354 g/mol. The second-order valence-corrected chi connectivity index (χ2v) is 8.47. The van der Waals surface area contributed by atoms with Crippen molar-refractivity contribution in [2.24, 2.45) is 0 Å². The number of likely N-dealkylation sites (tertiary alicyclic amines) is 1. The summed E-state index contributed by atoms with van der Waals surface area (Å²) in [5.41, 5.74) is 2.37. The maximum atomic E-state index is 13.1. The molecule has 1 aliphatic rings. The standard InChI is InChI=1S/C21H25N5O2/c1-12-7-5-8-14-16(12)24-17(23-14)15-9-6-10-26(15)19(28)13-11-22-20(21(2,3)4)25-18(13)27/h5,7-8,11,15H,6,9-10H2,1-4H3,(H,23,24)(H,22,25,27)/t15-/m0/s1. The highest BCUT2D eigenvalue weighted by molar-refractivity contribution is 5.94. The number of hydrogen-bond acceptors (Lipinski definition) is 4. The number of aromatic amines is 2. The van der Waals surface area contributed by atoms with Crippen LogP contribution in [0.15, 0.2) is 29.2 Å². The van der Waals surface area contributed by atoms with Crippen LogP contribution in [0.2, 0.25) is 0 Å². The molecule has 0 radical (unpaired) electrons. The first-order valence-electron chi connectivity index (χ1n) is 9.61. The zero-order chi connectivity index (χ0) is 20.1. The van der Waals surface area contributed by atoms with Gasteiger partial charge in [-0.05, 0) is 31.4 Å². The number of carbonyl (C=O) groups excluding carboxylic acids is 1. The van der Waals surface area contributed by atoms with Gasteiger partial charge < -0.3 is 14.9 Å². The Morgan fingerprint density at radius 1 is 1.25 bits per heavy atom. The van der Waals surface area contributed by atoms with E-state index in [2.05, 4.69) is 15.0 Å². The smallest absolute Gasteiger partial charge is 0.263 e. The molecule has 146 valence electrons. The first kappa shape index (κ1) is 18.4. The van der Waals surface area contributed by atoms with Crippen LogP contribution in [0, 0.1) is 6.92 Å². The van der Waals surface area contributed by atoms with Gasteiger partial charge in [0.05, 0.1) is 17.1 Å². The Kier molecular flexibility index (Phi) is 4.33. The van der Waals surface area contributed by atoms with E-state index in [1.54, 1.807) is 4.90 Å². The topological polar surface area (TPSA) is 94.7 Å². The van der Waals surface area contributed by atoms with Crippen molar-refractivity contribution in [3.8, 4) is 0 Å². The molecule has 3 heterocycles. The summed E-state index contributed by atoms with van der Waals surface area (Å²) in [6.45, 7) is 8.51. The monoisotopic (exact) mass is 379 g/mol. The Morgan fingerprint density at radius 3 is 2.71 bits per heavy atom. The molecule has 1 atom stereocenters. The van der Waals surface area contributed by atoms with Crippen molar-refractivity contribution in [2.45, 2.75) is 52.0 Å².